The van der Waals surface area contributed by atoms with E-state index < -0.39 is 0 Å². The molecule has 1 aliphatic heterocycles. The highest BCUT2D eigenvalue weighted by Gasteiger charge is 2.34. The van der Waals surface area contributed by atoms with Crippen molar-refractivity contribution in [3.05, 3.63) is 74.9 Å². The van der Waals surface area contributed by atoms with Crippen LogP contribution in [0.25, 0.3) is 0 Å². The highest BCUT2D eigenvalue weighted by molar-refractivity contribution is 6.30. The zero-order chi connectivity index (χ0) is 20.6. The molecule has 0 radical (unpaired) electrons. The number of rotatable bonds is 4. The molecule has 1 unspecified atom stereocenters. The van der Waals surface area contributed by atoms with Crippen molar-refractivity contribution < 1.29 is 0 Å². The van der Waals surface area contributed by atoms with Gasteiger partial charge in [0.05, 0.1) is 11.6 Å². The number of hydrogen-bond acceptors (Lipinski definition) is 6. The SMILES string of the molecule is CC(C)(C)n1nnnc1C(c1ccccc1N=O)N1CCc2ccc(Cl)cc2C1. The Morgan fingerprint density at radius 2 is 1.93 bits per heavy atom. The maximum Gasteiger partial charge on any atom is 0.173 e. The molecule has 1 aliphatic rings. The Bertz CT molecular complexity index is 1040. The summed E-state index contributed by atoms with van der Waals surface area (Å²) in [7, 11) is 0. The van der Waals surface area contributed by atoms with Gasteiger partial charge in [0.1, 0.15) is 5.69 Å². The van der Waals surface area contributed by atoms with Gasteiger partial charge in [0.2, 0.25) is 0 Å². The van der Waals surface area contributed by atoms with Gasteiger partial charge in [-0.25, -0.2) is 4.68 Å². The molecule has 1 aromatic heterocycles. The zero-order valence-electron chi connectivity index (χ0n) is 16.7. The summed E-state index contributed by atoms with van der Waals surface area (Å²) in [6.45, 7) is 7.66. The first kappa shape index (κ1) is 19.7. The molecule has 0 saturated carbocycles. The minimum atomic E-state index is -0.308. The van der Waals surface area contributed by atoms with Crippen LogP contribution in [0.2, 0.25) is 5.02 Å². The first-order valence-corrected chi connectivity index (χ1v) is 9.98. The summed E-state index contributed by atoms with van der Waals surface area (Å²) in [5, 5.41) is 16.6. The number of nitrogens with zero attached hydrogens (tertiary/aromatic N) is 6. The van der Waals surface area contributed by atoms with E-state index in [2.05, 4.69) is 52.4 Å². The van der Waals surface area contributed by atoms with E-state index in [0.29, 0.717) is 18.1 Å². The average Bonchev–Trinajstić information content (AvgIpc) is 3.18. The van der Waals surface area contributed by atoms with E-state index >= 15 is 0 Å². The van der Waals surface area contributed by atoms with Crippen molar-refractivity contribution in [3.8, 4) is 0 Å². The molecule has 29 heavy (non-hydrogen) atoms. The zero-order valence-corrected chi connectivity index (χ0v) is 17.5. The second-order valence-electron chi connectivity index (χ2n) is 8.31. The summed E-state index contributed by atoms with van der Waals surface area (Å²) in [6.07, 6.45) is 0.886. The smallest absolute Gasteiger partial charge is 0.173 e. The van der Waals surface area contributed by atoms with Crippen molar-refractivity contribution in [2.75, 3.05) is 6.54 Å². The van der Waals surface area contributed by atoms with Crippen LogP contribution < -0.4 is 0 Å². The molecule has 0 bridgehead atoms. The summed E-state index contributed by atoms with van der Waals surface area (Å²) in [5.41, 5.74) is 3.37. The summed E-state index contributed by atoms with van der Waals surface area (Å²) in [4.78, 5) is 13.9. The van der Waals surface area contributed by atoms with Gasteiger partial charge in [-0.2, -0.15) is 0 Å². The predicted molar refractivity (Wildman–Crippen MR) is 112 cm³/mol. The third kappa shape index (κ3) is 3.80. The van der Waals surface area contributed by atoms with E-state index in [4.69, 9.17) is 11.6 Å². The number of nitroso groups, excluding NO2 is 1. The number of aromatic nitrogens is 4. The molecule has 8 heteroatoms. The van der Waals surface area contributed by atoms with E-state index in [1.54, 1.807) is 6.07 Å². The lowest BCUT2D eigenvalue weighted by Crippen LogP contribution is -2.38. The molecule has 4 rings (SSSR count). The first-order valence-electron chi connectivity index (χ1n) is 9.61. The Hall–Kier alpha value is -2.64. The van der Waals surface area contributed by atoms with Crippen LogP contribution in [0.5, 0.6) is 0 Å². The first-order chi connectivity index (χ1) is 13.9. The van der Waals surface area contributed by atoms with Crippen molar-refractivity contribution in [1.82, 2.24) is 25.1 Å². The lowest BCUT2D eigenvalue weighted by atomic mass is 9.95. The van der Waals surface area contributed by atoms with Crippen LogP contribution in [0.4, 0.5) is 5.69 Å². The van der Waals surface area contributed by atoms with Crippen LogP contribution in [0.1, 0.15) is 49.3 Å². The number of hydrogen-bond donors (Lipinski definition) is 0. The van der Waals surface area contributed by atoms with Crippen LogP contribution in [0.3, 0.4) is 0 Å². The largest absolute Gasteiger partial charge is 0.285 e. The van der Waals surface area contributed by atoms with Crippen LogP contribution in [-0.4, -0.2) is 31.7 Å². The molecular weight excluding hydrogens is 388 g/mol. The number of fused-ring (bicyclic) bond motifs is 1. The van der Waals surface area contributed by atoms with Crippen molar-refractivity contribution >= 4 is 17.3 Å². The Balaban J connectivity index is 1.84. The van der Waals surface area contributed by atoms with Gasteiger partial charge in [-0.05, 0) is 72.1 Å². The Kier molecular flexibility index (Phi) is 5.19. The fourth-order valence-electron chi connectivity index (χ4n) is 3.91. The molecule has 150 valence electrons. The topological polar surface area (TPSA) is 76.3 Å². The van der Waals surface area contributed by atoms with Gasteiger partial charge < -0.3 is 0 Å². The number of benzene rings is 2. The molecule has 0 fully saturated rings. The Labute approximate surface area is 174 Å². The second-order valence-corrected chi connectivity index (χ2v) is 8.74. The molecule has 0 aliphatic carbocycles. The van der Waals surface area contributed by atoms with Crippen LogP contribution in [-0.2, 0) is 18.5 Å². The Morgan fingerprint density at radius 3 is 2.69 bits per heavy atom. The van der Waals surface area contributed by atoms with E-state index in [9.17, 15) is 4.91 Å². The lowest BCUT2D eigenvalue weighted by molar-refractivity contribution is 0.186. The summed E-state index contributed by atoms with van der Waals surface area (Å²) in [5.74, 6) is 0.694. The quantitative estimate of drug-likeness (QED) is 0.586. The van der Waals surface area contributed by atoms with Crippen molar-refractivity contribution in [3.63, 3.8) is 0 Å². The summed E-state index contributed by atoms with van der Waals surface area (Å²) >= 11 is 6.24. The fraction of sp³-hybridized carbons (Fsp3) is 0.381. The van der Waals surface area contributed by atoms with Gasteiger partial charge >= 0.3 is 0 Å². The Morgan fingerprint density at radius 1 is 1.14 bits per heavy atom. The molecule has 0 amide bonds. The molecule has 7 nitrogen and oxygen atoms in total. The van der Waals surface area contributed by atoms with Crippen molar-refractivity contribution in [2.45, 2.75) is 45.3 Å². The van der Waals surface area contributed by atoms with Gasteiger partial charge in [-0.1, -0.05) is 35.9 Å². The van der Waals surface area contributed by atoms with Crippen LogP contribution >= 0.6 is 11.6 Å². The predicted octanol–water partition coefficient (Wildman–Crippen LogP) is 4.63. The molecule has 0 N–H and O–H groups in total. The highest BCUT2D eigenvalue weighted by atomic mass is 35.5. The lowest BCUT2D eigenvalue weighted by Gasteiger charge is -2.36. The highest BCUT2D eigenvalue weighted by Crippen LogP contribution is 2.38. The summed E-state index contributed by atoms with van der Waals surface area (Å²) < 4.78 is 1.83. The van der Waals surface area contributed by atoms with Crippen molar-refractivity contribution in [1.29, 1.82) is 0 Å². The molecule has 0 spiro atoms. The van der Waals surface area contributed by atoms with Crippen molar-refractivity contribution in [2.24, 2.45) is 5.18 Å². The van der Waals surface area contributed by atoms with Gasteiger partial charge in [-0.3, -0.25) is 4.90 Å². The van der Waals surface area contributed by atoms with E-state index in [-0.39, 0.29) is 11.6 Å². The number of halogens is 1. The molecular formula is C21H23ClN6O. The van der Waals surface area contributed by atoms with Crippen LogP contribution in [0, 0.1) is 4.91 Å². The molecule has 2 heterocycles. The molecule has 2 aromatic carbocycles. The third-order valence-electron chi connectivity index (χ3n) is 5.28. The van der Waals surface area contributed by atoms with E-state index in [1.165, 1.54) is 11.1 Å². The van der Waals surface area contributed by atoms with Crippen LogP contribution in [0.15, 0.2) is 47.6 Å². The molecule has 1 atom stereocenters. The van der Waals surface area contributed by atoms with E-state index in [0.717, 1.165) is 23.6 Å². The molecule has 3 aromatic rings. The standard InChI is InChI=1S/C21H23ClN6O/c1-21(2,3)28-20(23-25-26-28)19(17-6-4-5-7-18(17)24-29)27-11-10-14-8-9-16(22)12-15(14)13-27/h4-9,12,19H,10-11,13H2,1-3H3. The third-order valence-corrected chi connectivity index (χ3v) is 5.51. The maximum atomic E-state index is 11.6. The minimum Gasteiger partial charge on any atom is -0.285 e. The fourth-order valence-corrected chi connectivity index (χ4v) is 4.11. The number of tetrazole rings is 1. The maximum absolute atomic E-state index is 11.6. The van der Waals surface area contributed by atoms with Gasteiger partial charge in [0.25, 0.3) is 0 Å². The monoisotopic (exact) mass is 410 g/mol. The van der Waals surface area contributed by atoms with Gasteiger partial charge in [-0.15, -0.1) is 10.0 Å². The average molecular weight is 411 g/mol. The van der Waals surface area contributed by atoms with Gasteiger partial charge in [0.15, 0.2) is 5.82 Å². The minimum absolute atomic E-state index is 0.301. The molecule has 0 saturated heterocycles. The normalized spacial score (nSPS) is 15.7. The second kappa shape index (κ2) is 7.65. The van der Waals surface area contributed by atoms with Gasteiger partial charge in [0, 0.05) is 23.7 Å². The summed E-state index contributed by atoms with van der Waals surface area (Å²) in [6, 6.07) is 13.1. The van der Waals surface area contributed by atoms with E-state index in [1.807, 2.05) is 35.0 Å².